The molecule has 0 spiro atoms. The molecule has 3 aromatic carbocycles. The summed E-state index contributed by atoms with van der Waals surface area (Å²) >= 11 is 0. The highest BCUT2D eigenvalue weighted by Gasteiger charge is 2.25. The zero-order valence-corrected chi connectivity index (χ0v) is 28.8. The van der Waals surface area contributed by atoms with E-state index in [1.54, 1.807) is 36.4 Å². The van der Waals surface area contributed by atoms with Crippen molar-refractivity contribution in [3.05, 3.63) is 107 Å². The Morgan fingerprint density at radius 1 is 0.960 bits per heavy atom. The minimum atomic E-state index is -3.97. The summed E-state index contributed by atoms with van der Waals surface area (Å²) in [6.07, 6.45) is 2.92. The zero-order valence-electron chi connectivity index (χ0n) is 28.0. The third kappa shape index (κ3) is 8.18. The number of ether oxygens (including phenoxy) is 2. The lowest BCUT2D eigenvalue weighted by atomic mass is 9.96. The third-order valence-corrected chi connectivity index (χ3v) is 9.98. The first kappa shape index (κ1) is 35.1. The van der Waals surface area contributed by atoms with E-state index >= 15 is 4.39 Å². The summed E-state index contributed by atoms with van der Waals surface area (Å²) in [5.74, 6) is -0.211. The van der Waals surface area contributed by atoms with E-state index in [1.807, 2.05) is 6.92 Å². The zero-order chi connectivity index (χ0) is 35.4. The molecule has 0 radical (unpaired) electrons. The van der Waals surface area contributed by atoms with Gasteiger partial charge in [-0.25, -0.2) is 18.7 Å². The Bertz CT molecular complexity index is 2140. The summed E-state index contributed by atoms with van der Waals surface area (Å²) in [5.41, 5.74) is 1.03. The minimum absolute atomic E-state index is 0.0335. The molecular weight excluding hydrogens is 666 g/mol. The van der Waals surface area contributed by atoms with Crippen LogP contribution in [0.25, 0.3) is 22.3 Å². The third-order valence-electron chi connectivity index (χ3n) is 8.65. The van der Waals surface area contributed by atoms with Gasteiger partial charge < -0.3 is 14.4 Å². The summed E-state index contributed by atoms with van der Waals surface area (Å²) in [6, 6.07) is 18.3. The fourth-order valence-electron chi connectivity index (χ4n) is 6.00. The molecule has 0 bridgehead atoms. The number of nitrogens with zero attached hydrogens (tertiary/aromatic N) is 4. The molecule has 1 atom stereocenters. The fraction of sp³-hybridized carbons (Fsp3) is 0.324. The molecule has 6 rings (SSSR count). The van der Waals surface area contributed by atoms with E-state index in [2.05, 4.69) is 23.7 Å². The summed E-state index contributed by atoms with van der Waals surface area (Å²) in [5, 5.41) is 0.283. The SMILES string of the molecule is Cc1ccc(S(=O)(=O)OCCOc2ccc(-c3nc4ccc(Oc5ccc(F)cn5)cc4c(=O)n3CC3CCCN(C(C)C)C3)c(F)c2)cc1. The predicted molar refractivity (Wildman–Crippen MR) is 185 cm³/mol. The monoisotopic (exact) mass is 704 g/mol. The van der Waals surface area contributed by atoms with E-state index in [0.717, 1.165) is 37.7 Å². The van der Waals surface area contributed by atoms with E-state index in [-0.39, 0.29) is 58.0 Å². The molecule has 262 valence electrons. The molecule has 0 saturated carbocycles. The number of piperidine rings is 1. The van der Waals surface area contributed by atoms with Crippen LogP contribution in [-0.2, 0) is 20.8 Å². The minimum Gasteiger partial charge on any atom is -0.491 e. The second kappa shape index (κ2) is 15.0. The topological polar surface area (TPSA) is 113 Å². The van der Waals surface area contributed by atoms with Crippen LogP contribution < -0.4 is 15.0 Å². The number of benzene rings is 3. The summed E-state index contributed by atoms with van der Waals surface area (Å²) in [4.78, 5) is 25.3. The fourth-order valence-corrected chi connectivity index (χ4v) is 6.89. The maximum absolute atomic E-state index is 15.9. The van der Waals surface area contributed by atoms with Gasteiger partial charge in [0.05, 0.1) is 27.6 Å². The van der Waals surface area contributed by atoms with Gasteiger partial charge in [0.25, 0.3) is 15.7 Å². The van der Waals surface area contributed by atoms with Crippen LogP contribution >= 0.6 is 0 Å². The Kier molecular flexibility index (Phi) is 10.6. The number of likely N-dealkylation sites (tertiary alicyclic amines) is 1. The van der Waals surface area contributed by atoms with Gasteiger partial charge in [-0.15, -0.1) is 0 Å². The molecule has 0 aliphatic carbocycles. The van der Waals surface area contributed by atoms with Gasteiger partial charge >= 0.3 is 0 Å². The van der Waals surface area contributed by atoms with Crippen LogP contribution in [0.1, 0.15) is 32.3 Å². The molecule has 0 amide bonds. The van der Waals surface area contributed by atoms with Crippen molar-refractivity contribution >= 4 is 21.0 Å². The van der Waals surface area contributed by atoms with Crippen molar-refractivity contribution in [2.75, 3.05) is 26.3 Å². The first-order chi connectivity index (χ1) is 24.0. The molecule has 1 aliphatic rings. The highest BCUT2D eigenvalue weighted by molar-refractivity contribution is 7.86. The van der Waals surface area contributed by atoms with Crippen LogP contribution in [0.4, 0.5) is 8.78 Å². The highest BCUT2D eigenvalue weighted by Crippen LogP contribution is 2.30. The Morgan fingerprint density at radius 3 is 2.46 bits per heavy atom. The van der Waals surface area contributed by atoms with Crippen molar-refractivity contribution in [1.82, 2.24) is 19.4 Å². The van der Waals surface area contributed by atoms with Gasteiger partial charge in [0.1, 0.15) is 42.2 Å². The van der Waals surface area contributed by atoms with E-state index in [1.165, 1.54) is 41.0 Å². The van der Waals surface area contributed by atoms with Crippen LogP contribution in [0.15, 0.2) is 88.7 Å². The number of rotatable bonds is 12. The Labute approximate surface area is 289 Å². The molecule has 1 saturated heterocycles. The lowest BCUT2D eigenvalue weighted by Gasteiger charge is -2.35. The summed E-state index contributed by atoms with van der Waals surface area (Å²) in [7, 11) is -3.97. The lowest BCUT2D eigenvalue weighted by Crippen LogP contribution is -2.42. The number of hydrogen-bond donors (Lipinski definition) is 0. The average molecular weight is 705 g/mol. The van der Waals surface area contributed by atoms with Gasteiger partial charge in [-0.1, -0.05) is 17.7 Å². The standard InChI is InChI=1S/C37H38F2N4O6S/c1-24(2)42-16-4-5-26(22-42)23-43-36(41-34-14-10-29(19-32(34)37(43)44)49-35-15-8-27(38)21-40-35)31-13-9-28(20-33(31)39)47-17-18-48-50(45,46)30-11-6-25(3)7-12-30/h6-15,19-21,24,26H,4-5,16-18,22-23H2,1-3H3. The Hall–Kier alpha value is -4.72. The number of aryl methyl sites for hydroxylation is 1. The normalized spacial score (nSPS) is 15.4. The van der Waals surface area contributed by atoms with Gasteiger partial charge in [-0.05, 0) is 94.6 Å². The van der Waals surface area contributed by atoms with Gasteiger partial charge in [0.2, 0.25) is 5.88 Å². The second-order valence-electron chi connectivity index (χ2n) is 12.6. The van der Waals surface area contributed by atoms with Crippen molar-refractivity contribution in [2.45, 2.75) is 51.1 Å². The van der Waals surface area contributed by atoms with Crippen LogP contribution in [0.5, 0.6) is 17.4 Å². The molecule has 1 fully saturated rings. The Balaban J connectivity index is 1.26. The van der Waals surface area contributed by atoms with Crippen molar-refractivity contribution < 1.29 is 30.9 Å². The molecule has 10 nitrogen and oxygen atoms in total. The van der Waals surface area contributed by atoms with Gasteiger partial charge in [0, 0.05) is 31.3 Å². The highest BCUT2D eigenvalue weighted by atomic mass is 32.2. The molecule has 3 heterocycles. The van der Waals surface area contributed by atoms with E-state index < -0.39 is 21.8 Å². The van der Waals surface area contributed by atoms with E-state index in [0.29, 0.717) is 23.9 Å². The summed E-state index contributed by atoms with van der Waals surface area (Å²) in [6.45, 7) is 7.81. The first-order valence-electron chi connectivity index (χ1n) is 16.4. The van der Waals surface area contributed by atoms with Crippen molar-refractivity contribution in [3.63, 3.8) is 0 Å². The van der Waals surface area contributed by atoms with Crippen LogP contribution in [0.2, 0.25) is 0 Å². The number of fused-ring (bicyclic) bond motifs is 1. The molecule has 1 unspecified atom stereocenters. The molecule has 0 N–H and O–H groups in total. The molecule has 1 aliphatic heterocycles. The second-order valence-corrected chi connectivity index (χ2v) is 14.2. The van der Waals surface area contributed by atoms with Gasteiger partial charge in [-0.2, -0.15) is 8.42 Å². The van der Waals surface area contributed by atoms with E-state index in [9.17, 15) is 17.6 Å². The van der Waals surface area contributed by atoms with Crippen LogP contribution in [0, 0.1) is 24.5 Å². The number of hydrogen-bond acceptors (Lipinski definition) is 9. The largest absolute Gasteiger partial charge is 0.491 e. The molecule has 13 heteroatoms. The smallest absolute Gasteiger partial charge is 0.297 e. The van der Waals surface area contributed by atoms with Crippen LogP contribution in [0.3, 0.4) is 0 Å². The van der Waals surface area contributed by atoms with Crippen molar-refractivity contribution in [1.29, 1.82) is 0 Å². The molecule has 50 heavy (non-hydrogen) atoms. The molecule has 5 aromatic rings. The maximum Gasteiger partial charge on any atom is 0.297 e. The first-order valence-corrected chi connectivity index (χ1v) is 17.8. The van der Waals surface area contributed by atoms with E-state index in [4.69, 9.17) is 18.6 Å². The van der Waals surface area contributed by atoms with Gasteiger partial charge in [0.15, 0.2) is 0 Å². The molecule has 2 aromatic heterocycles. The number of aromatic nitrogens is 3. The van der Waals surface area contributed by atoms with Crippen molar-refractivity contribution in [2.24, 2.45) is 5.92 Å². The predicted octanol–water partition coefficient (Wildman–Crippen LogP) is 6.74. The maximum atomic E-state index is 15.9. The quantitative estimate of drug-likeness (QED) is 0.103. The average Bonchev–Trinajstić information content (AvgIpc) is 3.09. The lowest BCUT2D eigenvalue weighted by molar-refractivity contribution is 0.130. The van der Waals surface area contributed by atoms with Gasteiger partial charge in [-0.3, -0.25) is 13.5 Å². The Morgan fingerprint density at radius 2 is 1.74 bits per heavy atom. The number of pyridine rings is 1. The van der Waals surface area contributed by atoms with Crippen LogP contribution in [-0.4, -0.2) is 60.2 Å². The molecular formula is C37H38F2N4O6S. The number of halogens is 2. The summed E-state index contributed by atoms with van der Waals surface area (Å²) < 4.78 is 72.2. The van der Waals surface area contributed by atoms with Crippen molar-refractivity contribution in [3.8, 4) is 28.8 Å².